The van der Waals surface area contributed by atoms with E-state index in [0.717, 1.165) is 6.07 Å². The van der Waals surface area contributed by atoms with Crippen LogP contribution in [-0.4, -0.2) is 12.5 Å². The van der Waals surface area contributed by atoms with Gasteiger partial charge in [-0.05, 0) is 48.9 Å². The normalized spacial score (nSPS) is 10.2. The van der Waals surface area contributed by atoms with E-state index in [1.807, 2.05) is 0 Å². The second-order valence-corrected chi connectivity index (χ2v) is 4.48. The Labute approximate surface area is 120 Å². The molecule has 0 saturated carbocycles. The van der Waals surface area contributed by atoms with Crippen LogP contribution in [0.4, 0.5) is 20.2 Å². The van der Waals surface area contributed by atoms with E-state index in [1.165, 1.54) is 30.3 Å². The van der Waals surface area contributed by atoms with Crippen molar-refractivity contribution in [2.75, 3.05) is 17.7 Å². The zero-order chi connectivity index (χ0) is 15.4. The summed E-state index contributed by atoms with van der Waals surface area (Å²) < 4.78 is 31.1. The van der Waals surface area contributed by atoms with Crippen LogP contribution >= 0.6 is 0 Å². The number of halogens is 2. The highest BCUT2D eigenvalue weighted by Gasteiger charge is 2.08. The molecule has 4 nitrogen and oxygen atoms in total. The van der Waals surface area contributed by atoms with E-state index in [4.69, 9.17) is 10.5 Å². The summed E-state index contributed by atoms with van der Waals surface area (Å²) in [6.45, 7) is 1.41. The molecule has 0 heterocycles. The van der Waals surface area contributed by atoms with Crippen LogP contribution in [0.25, 0.3) is 0 Å². The highest BCUT2D eigenvalue weighted by Crippen LogP contribution is 2.20. The van der Waals surface area contributed by atoms with E-state index < -0.39 is 11.7 Å². The van der Waals surface area contributed by atoms with E-state index in [9.17, 15) is 13.6 Å². The van der Waals surface area contributed by atoms with Crippen molar-refractivity contribution in [3.8, 4) is 5.75 Å². The molecule has 2 aromatic rings. The fourth-order valence-electron chi connectivity index (χ4n) is 1.75. The molecule has 2 aromatic carbocycles. The third kappa shape index (κ3) is 3.92. The number of benzene rings is 2. The molecular formula is C15H14F2N2O2. The number of aryl methyl sites for hydroxylation is 1. The minimum absolute atomic E-state index is 0.126. The van der Waals surface area contributed by atoms with Gasteiger partial charge < -0.3 is 15.8 Å². The van der Waals surface area contributed by atoms with Crippen LogP contribution in [0, 0.1) is 18.6 Å². The van der Waals surface area contributed by atoms with E-state index >= 15 is 0 Å². The van der Waals surface area contributed by atoms with Crippen molar-refractivity contribution < 1.29 is 18.3 Å². The first-order valence-electron chi connectivity index (χ1n) is 6.19. The van der Waals surface area contributed by atoms with Crippen LogP contribution in [0.3, 0.4) is 0 Å². The van der Waals surface area contributed by atoms with Gasteiger partial charge in [0.25, 0.3) is 5.91 Å². The summed E-state index contributed by atoms with van der Waals surface area (Å²) in [5, 5.41) is 2.51. The third-order valence-electron chi connectivity index (χ3n) is 2.78. The van der Waals surface area contributed by atoms with Gasteiger partial charge in [-0.25, -0.2) is 8.78 Å². The summed E-state index contributed by atoms with van der Waals surface area (Å²) in [4.78, 5) is 11.7. The highest BCUT2D eigenvalue weighted by molar-refractivity contribution is 5.94. The second-order valence-electron chi connectivity index (χ2n) is 4.48. The average molecular weight is 292 g/mol. The molecule has 0 aliphatic heterocycles. The van der Waals surface area contributed by atoms with E-state index in [0.29, 0.717) is 17.0 Å². The average Bonchev–Trinajstić information content (AvgIpc) is 2.41. The molecule has 0 aliphatic carbocycles. The maximum Gasteiger partial charge on any atom is 0.262 e. The molecule has 0 fully saturated rings. The molecule has 0 aromatic heterocycles. The van der Waals surface area contributed by atoms with E-state index in [1.54, 1.807) is 6.92 Å². The van der Waals surface area contributed by atoms with Crippen LogP contribution < -0.4 is 15.8 Å². The molecule has 2 rings (SSSR count). The lowest BCUT2D eigenvalue weighted by molar-refractivity contribution is -0.118. The van der Waals surface area contributed by atoms with Gasteiger partial charge in [-0.2, -0.15) is 0 Å². The molecule has 3 N–H and O–H groups in total. The molecule has 0 atom stereocenters. The van der Waals surface area contributed by atoms with Crippen LogP contribution in [-0.2, 0) is 4.79 Å². The molecule has 0 bridgehead atoms. The minimum Gasteiger partial charge on any atom is -0.483 e. The van der Waals surface area contributed by atoms with Crippen molar-refractivity contribution in [1.29, 1.82) is 0 Å². The number of ether oxygens (including phenoxy) is 1. The third-order valence-corrected chi connectivity index (χ3v) is 2.78. The molecular weight excluding hydrogens is 278 g/mol. The highest BCUT2D eigenvalue weighted by atomic mass is 19.1. The monoisotopic (exact) mass is 292 g/mol. The number of hydrogen-bond donors (Lipinski definition) is 2. The lowest BCUT2D eigenvalue weighted by Crippen LogP contribution is -2.21. The fraction of sp³-hybridized carbons (Fsp3) is 0.133. The molecule has 21 heavy (non-hydrogen) atoms. The Bertz CT molecular complexity index is 675. The maximum atomic E-state index is 12.9. The summed E-state index contributed by atoms with van der Waals surface area (Å²) in [5.74, 6) is -0.886. The molecule has 0 radical (unpaired) electrons. The molecule has 6 heteroatoms. The van der Waals surface area contributed by atoms with Gasteiger partial charge in [0.2, 0.25) is 0 Å². The van der Waals surface area contributed by atoms with Crippen molar-refractivity contribution in [3.05, 3.63) is 53.6 Å². The van der Waals surface area contributed by atoms with Gasteiger partial charge >= 0.3 is 0 Å². The Balaban J connectivity index is 1.96. The Morgan fingerprint density at radius 3 is 2.52 bits per heavy atom. The number of amides is 1. The molecule has 0 aliphatic rings. The standard InChI is InChI=1S/C15H14F2N2O2/c1-9-6-10(16)3-5-14(9)21-8-15(20)19-13-4-2-11(17)7-12(13)18/h2-7H,8,18H2,1H3,(H,19,20). The maximum absolute atomic E-state index is 12.9. The molecule has 1 amide bonds. The van der Waals surface area contributed by atoms with Crippen molar-refractivity contribution in [2.24, 2.45) is 0 Å². The SMILES string of the molecule is Cc1cc(F)ccc1OCC(=O)Nc1ccc(F)cc1N. The van der Waals surface area contributed by atoms with Crippen molar-refractivity contribution in [2.45, 2.75) is 6.92 Å². The summed E-state index contributed by atoms with van der Waals surface area (Å²) >= 11 is 0. The van der Waals surface area contributed by atoms with Gasteiger partial charge in [0.15, 0.2) is 6.61 Å². The Morgan fingerprint density at radius 1 is 1.19 bits per heavy atom. The molecule has 0 saturated heterocycles. The largest absolute Gasteiger partial charge is 0.483 e. The number of hydrogen-bond acceptors (Lipinski definition) is 3. The topological polar surface area (TPSA) is 64.3 Å². The van der Waals surface area contributed by atoms with Crippen LogP contribution in [0.2, 0.25) is 0 Å². The van der Waals surface area contributed by atoms with Crippen LogP contribution in [0.1, 0.15) is 5.56 Å². The number of nitrogens with two attached hydrogens (primary N) is 1. The van der Waals surface area contributed by atoms with Crippen LogP contribution in [0.5, 0.6) is 5.75 Å². The smallest absolute Gasteiger partial charge is 0.262 e. The predicted molar refractivity (Wildman–Crippen MR) is 76.1 cm³/mol. The summed E-state index contributed by atoms with van der Waals surface area (Å²) in [5.41, 5.74) is 6.60. The van der Waals surface area contributed by atoms with Crippen molar-refractivity contribution in [1.82, 2.24) is 0 Å². The van der Waals surface area contributed by atoms with Crippen LogP contribution in [0.15, 0.2) is 36.4 Å². The number of nitrogen functional groups attached to an aromatic ring is 1. The van der Waals surface area contributed by atoms with E-state index in [2.05, 4.69) is 5.32 Å². The number of carbonyl (C=O) groups is 1. The Hall–Kier alpha value is -2.63. The van der Waals surface area contributed by atoms with Gasteiger partial charge in [0, 0.05) is 0 Å². The molecule has 110 valence electrons. The van der Waals surface area contributed by atoms with E-state index in [-0.39, 0.29) is 18.1 Å². The van der Waals surface area contributed by atoms with Gasteiger partial charge in [0.1, 0.15) is 17.4 Å². The minimum atomic E-state index is -0.483. The fourth-order valence-corrected chi connectivity index (χ4v) is 1.75. The lowest BCUT2D eigenvalue weighted by atomic mass is 10.2. The van der Waals surface area contributed by atoms with Gasteiger partial charge in [0.05, 0.1) is 11.4 Å². The first-order chi connectivity index (χ1) is 9.95. The number of anilines is 2. The van der Waals surface area contributed by atoms with Crippen molar-refractivity contribution in [3.63, 3.8) is 0 Å². The predicted octanol–water partition coefficient (Wildman–Crippen LogP) is 2.87. The van der Waals surface area contributed by atoms with Gasteiger partial charge in [-0.15, -0.1) is 0 Å². The lowest BCUT2D eigenvalue weighted by Gasteiger charge is -2.11. The number of carbonyl (C=O) groups excluding carboxylic acids is 1. The number of rotatable bonds is 4. The van der Waals surface area contributed by atoms with Gasteiger partial charge in [-0.1, -0.05) is 0 Å². The quantitative estimate of drug-likeness (QED) is 0.852. The van der Waals surface area contributed by atoms with Gasteiger partial charge in [-0.3, -0.25) is 4.79 Å². The first-order valence-corrected chi connectivity index (χ1v) is 6.19. The first kappa shape index (κ1) is 14.8. The van der Waals surface area contributed by atoms with Crippen molar-refractivity contribution >= 4 is 17.3 Å². The Kier molecular flexibility index (Phi) is 4.37. The zero-order valence-electron chi connectivity index (χ0n) is 11.3. The molecule has 0 spiro atoms. The zero-order valence-corrected chi connectivity index (χ0v) is 11.3. The summed E-state index contributed by atoms with van der Waals surface area (Å²) in [7, 11) is 0. The second kappa shape index (κ2) is 6.21. The summed E-state index contributed by atoms with van der Waals surface area (Å²) in [6, 6.07) is 7.68. The Morgan fingerprint density at radius 2 is 1.86 bits per heavy atom. The molecule has 0 unspecified atom stereocenters. The summed E-state index contributed by atoms with van der Waals surface area (Å²) in [6.07, 6.45) is 0. The number of nitrogens with one attached hydrogen (secondary N) is 1.